The molecule has 9 heteroatoms. The monoisotopic (exact) mass is 352 g/mol. The average Bonchev–Trinajstić information content (AvgIpc) is 2.78. The number of hydrogen-bond donors (Lipinski definition) is 0. The number of carbonyl (C=O) groups excluding carboxylic acids is 1. The van der Waals surface area contributed by atoms with E-state index < -0.39 is 19.9 Å². The van der Waals surface area contributed by atoms with Gasteiger partial charge in [0, 0.05) is 32.6 Å². The van der Waals surface area contributed by atoms with E-state index in [1.54, 1.807) is 4.90 Å². The molecule has 0 spiro atoms. The fourth-order valence-electron chi connectivity index (χ4n) is 3.01. The minimum atomic E-state index is -3.20. The van der Waals surface area contributed by atoms with Crippen LogP contribution in [0.5, 0.6) is 0 Å². The summed E-state index contributed by atoms with van der Waals surface area (Å²) in [6, 6.07) is 0. The summed E-state index contributed by atoms with van der Waals surface area (Å²) in [6.07, 6.45) is 1.39. The molecule has 2 fully saturated rings. The van der Waals surface area contributed by atoms with E-state index in [2.05, 4.69) is 0 Å². The predicted molar refractivity (Wildman–Crippen MR) is 83.6 cm³/mol. The van der Waals surface area contributed by atoms with Crippen LogP contribution in [0.1, 0.15) is 26.2 Å². The molecule has 0 aromatic heterocycles. The molecule has 0 saturated carbocycles. The number of nitrogens with zero attached hydrogens (tertiary/aromatic N) is 2. The quantitative estimate of drug-likeness (QED) is 0.677. The highest BCUT2D eigenvalue weighted by Gasteiger charge is 2.32. The van der Waals surface area contributed by atoms with Crippen molar-refractivity contribution in [2.45, 2.75) is 26.2 Å². The van der Waals surface area contributed by atoms with Crippen molar-refractivity contribution in [1.82, 2.24) is 9.21 Å². The van der Waals surface area contributed by atoms with Crippen LogP contribution in [0.15, 0.2) is 0 Å². The van der Waals surface area contributed by atoms with Gasteiger partial charge in [0.25, 0.3) is 0 Å². The molecule has 128 valence electrons. The zero-order valence-electron chi connectivity index (χ0n) is 12.9. The summed E-state index contributed by atoms with van der Waals surface area (Å²) >= 11 is 0. The SMILES string of the molecule is CCCS(=O)(=O)N1CCN(C(=O)CC2CCS(=O)(=O)C2)CC1. The Hall–Kier alpha value is -0.670. The van der Waals surface area contributed by atoms with E-state index in [4.69, 9.17) is 0 Å². The molecular formula is C13H24N2O5S2. The third kappa shape index (κ3) is 4.42. The number of hydrogen-bond acceptors (Lipinski definition) is 5. The molecule has 0 bridgehead atoms. The van der Waals surface area contributed by atoms with Gasteiger partial charge in [-0.3, -0.25) is 4.79 Å². The van der Waals surface area contributed by atoms with Gasteiger partial charge in [-0.15, -0.1) is 0 Å². The van der Waals surface area contributed by atoms with Crippen molar-refractivity contribution in [2.24, 2.45) is 5.92 Å². The van der Waals surface area contributed by atoms with Gasteiger partial charge in [-0.1, -0.05) is 6.92 Å². The van der Waals surface area contributed by atoms with Crippen LogP contribution in [0.4, 0.5) is 0 Å². The maximum atomic E-state index is 12.2. The molecule has 0 aromatic carbocycles. The lowest BCUT2D eigenvalue weighted by atomic mass is 10.0. The summed E-state index contributed by atoms with van der Waals surface area (Å²) in [6.45, 7) is 3.27. The van der Waals surface area contributed by atoms with E-state index in [0.717, 1.165) is 0 Å². The van der Waals surface area contributed by atoms with E-state index in [0.29, 0.717) is 39.0 Å². The van der Waals surface area contributed by atoms with Crippen LogP contribution in [-0.2, 0) is 24.7 Å². The largest absolute Gasteiger partial charge is 0.340 e. The molecule has 0 aromatic rings. The Morgan fingerprint density at radius 2 is 1.82 bits per heavy atom. The van der Waals surface area contributed by atoms with Gasteiger partial charge in [-0.25, -0.2) is 16.8 Å². The van der Waals surface area contributed by atoms with Gasteiger partial charge in [-0.05, 0) is 18.8 Å². The summed E-state index contributed by atoms with van der Waals surface area (Å²) in [5, 5.41) is 0. The first-order chi connectivity index (χ1) is 10.2. The summed E-state index contributed by atoms with van der Waals surface area (Å²) in [5.74, 6) is 0.271. The second-order valence-corrected chi connectivity index (χ2v) is 10.4. The first-order valence-corrected chi connectivity index (χ1v) is 11.1. The van der Waals surface area contributed by atoms with Crippen molar-refractivity contribution in [1.29, 1.82) is 0 Å². The predicted octanol–water partition coefficient (Wildman–Crippen LogP) is -0.305. The fourth-order valence-corrected chi connectivity index (χ4v) is 6.37. The molecule has 1 amide bonds. The summed E-state index contributed by atoms with van der Waals surface area (Å²) in [5.41, 5.74) is 0. The van der Waals surface area contributed by atoms with Crippen molar-refractivity contribution in [3.05, 3.63) is 0 Å². The standard InChI is InChI=1S/C13H24N2O5S2/c1-2-8-22(19,20)15-6-4-14(5-7-15)13(16)10-12-3-9-21(17,18)11-12/h12H,2-11H2,1H3. The van der Waals surface area contributed by atoms with E-state index in [1.807, 2.05) is 6.92 Å². The van der Waals surface area contributed by atoms with Crippen molar-refractivity contribution in [2.75, 3.05) is 43.4 Å². The van der Waals surface area contributed by atoms with Gasteiger partial charge in [0.1, 0.15) is 0 Å². The first-order valence-electron chi connectivity index (χ1n) is 7.69. The van der Waals surface area contributed by atoms with Crippen molar-refractivity contribution in [3.8, 4) is 0 Å². The third-order valence-electron chi connectivity index (χ3n) is 4.24. The maximum Gasteiger partial charge on any atom is 0.222 e. The molecule has 7 nitrogen and oxygen atoms in total. The lowest BCUT2D eigenvalue weighted by molar-refractivity contribution is -0.133. The van der Waals surface area contributed by atoms with Crippen molar-refractivity contribution in [3.63, 3.8) is 0 Å². The van der Waals surface area contributed by atoms with E-state index in [9.17, 15) is 21.6 Å². The molecule has 0 aliphatic carbocycles. The Morgan fingerprint density at radius 3 is 2.32 bits per heavy atom. The number of sulfonamides is 1. The first kappa shape index (κ1) is 17.7. The van der Waals surface area contributed by atoms with E-state index in [1.165, 1.54) is 4.31 Å². The van der Waals surface area contributed by atoms with Gasteiger partial charge >= 0.3 is 0 Å². The summed E-state index contributed by atoms with van der Waals surface area (Å²) < 4.78 is 48.2. The topological polar surface area (TPSA) is 91.8 Å². The Kier molecular flexibility index (Phi) is 5.50. The molecule has 1 atom stereocenters. The van der Waals surface area contributed by atoms with Gasteiger partial charge in [0.05, 0.1) is 17.3 Å². The highest BCUT2D eigenvalue weighted by Crippen LogP contribution is 2.23. The number of amides is 1. The molecule has 2 aliphatic rings. The fraction of sp³-hybridized carbons (Fsp3) is 0.923. The zero-order chi connectivity index (χ0) is 16.4. The number of rotatable bonds is 5. The number of carbonyl (C=O) groups is 1. The molecule has 2 heterocycles. The Bertz CT molecular complexity index is 606. The van der Waals surface area contributed by atoms with Crippen LogP contribution < -0.4 is 0 Å². The van der Waals surface area contributed by atoms with Crippen molar-refractivity contribution >= 4 is 25.8 Å². The van der Waals surface area contributed by atoms with Crippen LogP contribution in [0.3, 0.4) is 0 Å². The molecule has 0 radical (unpaired) electrons. The average molecular weight is 352 g/mol. The minimum absolute atomic E-state index is 0.0605. The molecule has 2 saturated heterocycles. The minimum Gasteiger partial charge on any atom is -0.340 e. The Balaban J connectivity index is 1.83. The molecule has 1 unspecified atom stereocenters. The Labute approximate surface area is 132 Å². The highest BCUT2D eigenvalue weighted by molar-refractivity contribution is 7.91. The van der Waals surface area contributed by atoms with Crippen LogP contribution in [0, 0.1) is 5.92 Å². The molecule has 22 heavy (non-hydrogen) atoms. The smallest absolute Gasteiger partial charge is 0.222 e. The van der Waals surface area contributed by atoms with Gasteiger partial charge in [-0.2, -0.15) is 4.31 Å². The van der Waals surface area contributed by atoms with Crippen molar-refractivity contribution < 1.29 is 21.6 Å². The highest BCUT2D eigenvalue weighted by atomic mass is 32.2. The maximum absolute atomic E-state index is 12.2. The lowest BCUT2D eigenvalue weighted by Crippen LogP contribution is -2.51. The third-order valence-corrected chi connectivity index (χ3v) is 8.15. The van der Waals surface area contributed by atoms with Gasteiger partial charge < -0.3 is 4.90 Å². The second kappa shape index (κ2) is 6.84. The molecular weight excluding hydrogens is 328 g/mol. The Morgan fingerprint density at radius 1 is 1.18 bits per heavy atom. The summed E-state index contributed by atoms with van der Waals surface area (Å²) in [4.78, 5) is 13.9. The van der Waals surface area contributed by atoms with Crippen LogP contribution in [0.25, 0.3) is 0 Å². The van der Waals surface area contributed by atoms with Crippen LogP contribution >= 0.6 is 0 Å². The van der Waals surface area contributed by atoms with Gasteiger partial charge in [0.2, 0.25) is 15.9 Å². The molecule has 0 N–H and O–H groups in total. The normalized spacial score (nSPS) is 26.2. The molecule has 2 aliphatic heterocycles. The van der Waals surface area contributed by atoms with E-state index >= 15 is 0 Å². The molecule has 2 rings (SSSR count). The number of piperazine rings is 1. The second-order valence-electron chi connectivity index (χ2n) is 6.07. The summed E-state index contributed by atoms with van der Waals surface area (Å²) in [7, 11) is -6.17. The van der Waals surface area contributed by atoms with Gasteiger partial charge in [0.15, 0.2) is 9.84 Å². The van der Waals surface area contributed by atoms with E-state index in [-0.39, 0.29) is 35.5 Å². The lowest BCUT2D eigenvalue weighted by Gasteiger charge is -2.34. The van der Waals surface area contributed by atoms with Crippen LogP contribution in [0.2, 0.25) is 0 Å². The van der Waals surface area contributed by atoms with Crippen LogP contribution in [-0.4, -0.2) is 75.4 Å². The number of sulfone groups is 1. The zero-order valence-corrected chi connectivity index (χ0v) is 14.5.